The fraction of sp³-hybridized carbons (Fsp3) is 0.182. The Hall–Kier alpha value is -1.95. The number of aliphatic imine (C=N–C) groups is 1. The van der Waals surface area contributed by atoms with Crippen LogP contribution in [-0.2, 0) is 0 Å². The Morgan fingerprint density at radius 1 is 1.24 bits per heavy atom. The van der Waals surface area contributed by atoms with Gasteiger partial charge in [-0.1, -0.05) is 0 Å². The normalized spacial score (nSPS) is 10.9. The smallest absolute Gasteiger partial charge is 0.249 e. The van der Waals surface area contributed by atoms with E-state index in [0.717, 1.165) is 16.9 Å². The summed E-state index contributed by atoms with van der Waals surface area (Å²) >= 11 is 1.23. The Morgan fingerprint density at radius 3 is 2.65 bits per heavy atom. The van der Waals surface area contributed by atoms with Gasteiger partial charge in [0.15, 0.2) is 0 Å². The third kappa shape index (κ3) is 2.79. The predicted octanol–water partition coefficient (Wildman–Crippen LogP) is 3.90. The van der Waals surface area contributed by atoms with Gasteiger partial charge in [-0.05, 0) is 44.3 Å². The van der Waals surface area contributed by atoms with E-state index in [4.69, 9.17) is 0 Å². The van der Waals surface area contributed by atoms with Crippen LogP contribution in [0.3, 0.4) is 0 Å². The van der Waals surface area contributed by atoms with Crippen LogP contribution in [0.4, 0.5) is 16.5 Å². The van der Waals surface area contributed by atoms with E-state index >= 15 is 0 Å². The summed E-state index contributed by atoms with van der Waals surface area (Å²) in [4.78, 5) is 7.96. The summed E-state index contributed by atoms with van der Waals surface area (Å²) in [6.45, 7) is 7.25. The molecule has 1 aromatic carbocycles. The van der Waals surface area contributed by atoms with Crippen molar-refractivity contribution in [3.63, 3.8) is 0 Å². The van der Waals surface area contributed by atoms with Gasteiger partial charge in [0.05, 0.1) is 11.4 Å². The maximum absolute atomic E-state index is 4.14. The molecule has 1 heterocycles. The van der Waals surface area contributed by atoms with Crippen LogP contribution in [0.15, 0.2) is 33.4 Å². The molecule has 0 amide bonds. The summed E-state index contributed by atoms with van der Waals surface area (Å²) in [5, 5.41) is 8.74. The Morgan fingerprint density at radius 2 is 2.06 bits per heavy atom. The molecule has 0 N–H and O–H groups in total. The molecule has 0 unspecified atom stereocenters. The van der Waals surface area contributed by atoms with Crippen LogP contribution in [-0.4, -0.2) is 16.1 Å². The lowest BCUT2D eigenvalue weighted by Crippen LogP contribution is -1.73. The van der Waals surface area contributed by atoms with E-state index in [1.807, 2.05) is 32.0 Å². The zero-order valence-corrected chi connectivity index (χ0v) is 10.4. The minimum atomic E-state index is 0.563. The number of hydrogen-bond donors (Lipinski definition) is 0. The average molecular weight is 245 g/mol. The van der Waals surface area contributed by atoms with Gasteiger partial charge in [-0.15, -0.1) is 10.2 Å². The maximum Gasteiger partial charge on any atom is 0.249 e. The molecule has 0 bridgehead atoms. The summed E-state index contributed by atoms with van der Waals surface area (Å²) in [7, 11) is 0. The highest BCUT2D eigenvalue weighted by Gasteiger charge is 2.00. The van der Waals surface area contributed by atoms with E-state index in [1.54, 1.807) is 0 Å². The van der Waals surface area contributed by atoms with Crippen LogP contribution in [0.25, 0.3) is 0 Å². The van der Waals surface area contributed by atoms with Gasteiger partial charge in [0, 0.05) is 11.5 Å². The molecular weight excluding hydrogens is 234 g/mol. The molecule has 6 heteroatoms. The van der Waals surface area contributed by atoms with E-state index in [1.165, 1.54) is 11.5 Å². The second kappa shape index (κ2) is 4.92. The predicted molar refractivity (Wildman–Crippen MR) is 69.2 cm³/mol. The van der Waals surface area contributed by atoms with E-state index in [-0.39, 0.29) is 0 Å². The first kappa shape index (κ1) is 11.5. The standard InChI is InChI=1S/C11H11N5S/c1-7-6-9(12-3)4-5-10(7)14-15-11-13-8(2)16-17-11/h4-6H,3H2,1-2H3/b15-14+. The fourth-order valence-corrected chi connectivity index (χ4v) is 1.78. The minimum Gasteiger partial charge on any atom is -0.265 e. The Bertz CT molecular complexity index is 573. The van der Waals surface area contributed by atoms with Crippen LogP contribution in [0.5, 0.6) is 0 Å². The van der Waals surface area contributed by atoms with Crippen LogP contribution < -0.4 is 0 Å². The second-order valence-electron chi connectivity index (χ2n) is 3.45. The topological polar surface area (TPSA) is 62.9 Å². The van der Waals surface area contributed by atoms with Gasteiger partial charge in [0.1, 0.15) is 5.82 Å². The Balaban J connectivity index is 2.24. The molecule has 0 saturated carbocycles. The summed E-state index contributed by atoms with van der Waals surface area (Å²) < 4.78 is 4.03. The highest BCUT2D eigenvalue weighted by molar-refractivity contribution is 7.09. The van der Waals surface area contributed by atoms with Crippen molar-refractivity contribution in [2.24, 2.45) is 15.2 Å². The van der Waals surface area contributed by atoms with E-state index in [9.17, 15) is 0 Å². The van der Waals surface area contributed by atoms with E-state index in [2.05, 4.69) is 31.3 Å². The van der Waals surface area contributed by atoms with Crippen molar-refractivity contribution >= 4 is 34.8 Å². The van der Waals surface area contributed by atoms with Crippen molar-refractivity contribution in [1.29, 1.82) is 0 Å². The lowest BCUT2D eigenvalue weighted by molar-refractivity contribution is 1.12. The second-order valence-corrected chi connectivity index (χ2v) is 4.18. The first-order valence-corrected chi connectivity index (χ1v) is 5.76. The highest BCUT2D eigenvalue weighted by Crippen LogP contribution is 2.26. The largest absolute Gasteiger partial charge is 0.265 e. The van der Waals surface area contributed by atoms with Crippen molar-refractivity contribution in [1.82, 2.24) is 9.36 Å². The van der Waals surface area contributed by atoms with Crippen LogP contribution in [0.1, 0.15) is 11.4 Å². The Kier molecular flexibility index (Phi) is 3.34. The number of nitrogens with zero attached hydrogens (tertiary/aromatic N) is 5. The summed E-state index contributed by atoms with van der Waals surface area (Å²) in [6.07, 6.45) is 0. The lowest BCUT2D eigenvalue weighted by atomic mass is 10.2. The molecule has 0 radical (unpaired) electrons. The molecule has 0 aliphatic carbocycles. The minimum absolute atomic E-state index is 0.563. The number of rotatable bonds is 3. The maximum atomic E-state index is 4.14. The van der Waals surface area contributed by atoms with Crippen molar-refractivity contribution in [2.75, 3.05) is 0 Å². The average Bonchev–Trinajstić information content (AvgIpc) is 2.73. The number of hydrogen-bond acceptors (Lipinski definition) is 6. The molecule has 0 aliphatic heterocycles. The molecule has 0 spiro atoms. The zero-order chi connectivity index (χ0) is 12.3. The molecule has 0 aliphatic rings. The molecule has 0 atom stereocenters. The fourth-order valence-electron chi connectivity index (χ4n) is 1.27. The molecule has 86 valence electrons. The van der Waals surface area contributed by atoms with Gasteiger partial charge < -0.3 is 0 Å². The molecule has 1 aromatic heterocycles. The van der Waals surface area contributed by atoms with Gasteiger partial charge in [0.2, 0.25) is 5.13 Å². The van der Waals surface area contributed by atoms with Crippen LogP contribution in [0, 0.1) is 13.8 Å². The van der Waals surface area contributed by atoms with Crippen molar-refractivity contribution in [3.8, 4) is 0 Å². The first-order chi connectivity index (χ1) is 8.19. The quantitative estimate of drug-likeness (QED) is 0.608. The van der Waals surface area contributed by atoms with Gasteiger partial charge >= 0.3 is 0 Å². The van der Waals surface area contributed by atoms with Gasteiger partial charge in [-0.25, -0.2) is 4.98 Å². The number of azo groups is 1. The van der Waals surface area contributed by atoms with E-state index < -0.39 is 0 Å². The SMILES string of the molecule is C=Nc1ccc(/N=N/c2nc(C)ns2)c(C)c1. The van der Waals surface area contributed by atoms with Crippen LogP contribution in [0.2, 0.25) is 0 Å². The summed E-state index contributed by atoms with van der Waals surface area (Å²) in [6, 6.07) is 5.61. The molecule has 2 rings (SSSR count). The summed E-state index contributed by atoms with van der Waals surface area (Å²) in [5.74, 6) is 0.715. The molecule has 0 fully saturated rings. The molecule has 0 saturated heterocycles. The zero-order valence-electron chi connectivity index (χ0n) is 9.58. The van der Waals surface area contributed by atoms with Crippen molar-refractivity contribution in [3.05, 3.63) is 29.6 Å². The molecule has 5 nitrogen and oxygen atoms in total. The molecule has 17 heavy (non-hydrogen) atoms. The van der Waals surface area contributed by atoms with Gasteiger partial charge in [-0.2, -0.15) is 4.37 Å². The Labute approximate surface area is 103 Å². The number of aromatic nitrogens is 2. The molecule has 2 aromatic rings. The third-order valence-corrected chi connectivity index (χ3v) is 2.81. The monoisotopic (exact) mass is 245 g/mol. The van der Waals surface area contributed by atoms with Gasteiger partial charge in [0.25, 0.3) is 0 Å². The van der Waals surface area contributed by atoms with E-state index in [0.29, 0.717) is 11.0 Å². The molecular formula is C11H11N5S. The van der Waals surface area contributed by atoms with Crippen LogP contribution >= 0.6 is 11.5 Å². The third-order valence-electron chi connectivity index (χ3n) is 2.12. The lowest BCUT2D eigenvalue weighted by Gasteiger charge is -1.99. The number of aryl methyl sites for hydroxylation is 2. The summed E-state index contributed by atoms with van der Waals surface area (Å²) in [5.41, 5.74) is 2.62. The van der Waals surface area contributed by atoms with Crippen molar-refractivity contribution in [2.45, 2.75) is 13.8 Å². The number of benzene rings is 1. The highest BCUT2D eigenvalue weighted by atomic mass is 32.1. The van der Waals surface area contributed by atoms with Gasteiger partial charge in [-0.3, -0.25) is 4.99 Å². The first-order valence-electron chi connectivity index (χ1n) is 4.98. The van der Waals surface area contributed by atoms with Crippen molar-refractivity contribution < 1.29 is 0 Å².